The van der Waals surface area contributed by atoms with Crippen molar-refractivity contribution in [2.24, 2.45) is 10.9 Å². The first-order valence-electron chi connectivity index (χ1n) is 9.60. The quantitative estimate of drug-likeness (QED) is 0.166. The lowest BCUT2D eigenvalue weighted by Gasteiger charge is -2.40. The standard InChI is InChI=1S/C18H22BN5O6/c20-5-6-24-8-12(7-21-24)17(22-28)23-9-13(10-23)29-14-2-1-11-3-4-19(27)30-16(11)15(14)18(25)26/h1-2,7-8,13,27-28H,3-6,9-10,20H2,(H,25,26). The van der Waals surface area contributed by atoms with Crippen molar-refractivity contribution in [2.45, 2.75) is 25.4 Å². The van der Waals surface area contributed by atoms with Gasteiger partial charge < -0.3 is 35.4 Å². The fourth-order valence-corrected chi connectivity index (χ4v) is 3.62. The number of aromatic carboxylic acids is 1. The minimum absolute atomic E-state index is 0.0937. The van der Waals surface area contributed by atoms with Gasteiger partial charge in [0.05, 0.1) is 31.4 Å². The van der Waals surface area contributed by atoms with Gasteiger partial charge in [-0.2, -0.15) is 5.10 Å². The highest BCUT2D eigenvalue weighted by atomic mass is 16.5. The number of aryl methyl sites for hydroxylation is 1. The van der Waals surface area contributed by atoms with Crippen molar-refractivity contribution < 1.29 is 29.5 Å². The van der Waals surface area contributed by atoms with Crippen LogP contribution in [0.15, 0.2) is 29.7 Å². The number of carboxylic acids is 1. The lowest BCUT2D eigenvalue weighted by molar-refractivity contribution is 0.0588. The summed E-state index contributed by atoms with van der Waals surface area (Å²) in [6, 6.07) is 3.37. The van der Waals surface area contributed by atoms with Crippen molar-refractivity contribution in [1.82, 2.24) is 14.7 Å². The van der Waals surface area contributed by atoms with Gasteiger partial charge in [-0.25, -0.2) is 4.79 Å². The van der Waals surface area contributed by atoms with Crippen molar-refractivity contribution in [3.05, 3.63) is 41.2 Å². The van der Waals surface area contributed by atoms with Crippen molar-refractivity contribution in [3.63, 3.8) is 0 Å². The zero-order chi connectivity index (χ0) is 21.3. The molecule has 1 fully saturated rings. The average Bonchev–Trinajstić information content (AvgIpc) is 3.14. The van der Waals surface area contributed by atoms with Crippen LogP contribution in [0.5, 0.6) is 11.5 Å². The molecule has 2 aliphatic heterocycles. The molecule has 158 valence electrons. The van der Waals surface area contributed by atoms with Gasteiger partial charge in [-0.3, -0.25) is 4.68 Å². The van der Waals surface area contributed by atoms with Gasteiger partial charge in [-0.1, -0.05) is 11.2 Å². The summed E-state index contributed by atoms with van der Waals surface area (Å²) >= 11 is 0. The highest BCUT2D eigenvalue weighted by molar-refractivity contribution is 6.44. The number of aromatic nitrogens is 2. The molecule has 0 atom stereocenters. The summed E-state index contributed by atoms with van der Waals surface area (Å²) in [6.07, 6.45) is 3.97. The Morgan fingerprint density at radius 1 is 1.43 bits per heavy atom. The van der Waals surface area contributed by atoms with E-state index in [0.717, 1.165) is 5.56 Å². The molecular formula is C18H22BN5O6. The topological polar surface area (TPSA) is 156 Å². The van der Waals surface area contributed by atoms with Crippen LogP contribution in [0.4, 0.5) is 0 Å². The second kappa shape index (κ2) is 8.24. The minimum atomic E-state index is -1.18. The molecule has 4 rings (SSSR count). The van der Waals surface area contributed by atoms with E-state index in [-0.39, 0.29) is 23.2 Å². The van der Waals surface area contributed by atoms with Crippen LogP contribution in [0.2, 0.25) is 6.32 Å². The molecule has 5 N–H and O–H groups in total. The second-order valence-electron chi connectivity index (χ2n) is 7.19. The maximum absolute atomic E-state index is 11.8. The van der Waals surface area contributed by atoms with Crippen molar-refractivity contribution in [3.8, 4) is 11.5 Å². The van der Waals surface area contributed by atoms with Crippen LogP contribution in [0.3, 0.4) is 0 Å². The molecule has 0 unspecified atom stereocenters. The van der Waals surface area contributed by atoms with Gasteiger partial charge >= 0.3 is 13.1 Å². The largest absolute Gasteiger partial charge is 0.535 e. The number of hydrogen-bond acceptors (Lipinski definition) is 8. The van der Waals surface area contributed by atoms with E-state index in [1.165, 1.54) is 0 Å². The predicted octanol–water partition coefficient (Wildman–Crippen LogP) is -0.146. The monoisotopic (exact) mass is 415 g/mol. The number of hydrogen-bond donors (Lipinski definition) is 4. The number of carbonyl (C=O) groups is 1. The highest BCUT2D eigenvalue weighted by Crippen LogP contribution is 2.37. The molecular weight excluding hydrogens is 393 g/mol. The van der Waals surface area contributed by atoms with Gasteiger partial charge in [0.25, 0.3) is 0 Å². The number of rotatable bonds is 6. The molecule has 3 heterocycles. The summed E-state index contributed by atoms with van der Waals surface area (Å²) in [4.78, 5) is 13.6. The fourth-order valence-electron chi connectivity index (χ4n) is 3.62. The number of amidine groups is 1. The predicted molar refractivity (Wildman–Crippen MR) is 106 cm³/mol. The van der Waals surface area contributed by atoms with Crippen molar-refractivity contribution in [1.29, 1.82) is 0 Å². The fraction of sp³-hybridized carbons (Fsp3) is 0.389. The van der Waals surface area contributed by atoms with Crippen molar-refractivity contribution in [2.75, 3.05) is 19.6 Å². The molecule has 12 heteroatoms. The van der Waals surface area contributed by atoms with Gasteiger partial charge in [-0.15, -0.1) is 0 Å². The van der Waals surface area contributed by atoms with E-state index < -0.39 is 13.1 Å². The van der Waals surface area contributed by atoms with E-state index in [2.05, 4.69) is 10.3 Å². The Balaban J connectivity index is 1.46. The third-order valence-corrected chi connectivity index (χ3v) is 5.11. The number of oxime groups is 1. The van der Waals surface area contributed by atoms with E-state index in [1.807, 2.05) is 0 Å². The lowest BCUT2D eigenvalue weighted by atomic mass is 9.78. The van der Waals surface area contributed by atoms with E-state index in [1.54, 1.807) is 34.1 Å². The molecule has 0 amide bonds. The zero-order valence-electron chi connectivity index (χ0n) is 16.1. The number of ether oxygens (including phenoxy) is 1. The Labute approximate surface area is 172 Å². The van der Waals surface area contributed by atoms with Crippen LogP contribution in [0.1, 0.15) is 21.5 Å². The zero-order valence-corrected chi connectivity index (χ0v) is 16.1. The van der Waals surface area contributed by atoms with Gasteiger partial charge in [-0.05, 0) is 24.4 Å². The Kier molecular flexibility index (Phi) is 5.51. The number of carboxylic acid groups (broad SMARTS) is 1. The van der Waals surface area contributed by atoms with Gasteiger partial charge in [0.2, 0.25) is 0 Å². The lowest BCUT2D eigenvalue weighted by Crippen LogP contribution is -2.56. The smallest absolute Gasteiger partial charge is 0.522 e. The summed E-state index contributed by atoms with van der Waals surface area (Å²) in [6.45, 7) is 1.81. The third-order valence-electron chi connectivity index (χ3n) is 5.11. The molecule has 30 heavy (non-hydrogen) atoms. The molecule has 0 radical (unpaired) electrons. The minimum Gasteiger partial charge on any atom is -0.535 e. The molecule has 2 aliphatic rings. The summed E-state index contributed by atoms with van der Waals surface area (Å²) in [5.74, 6) is -0.497. The molecule has 0 aliphatic carbocycles. The first kappa shape index (κ1) is 20.0. The summed E-state index contributed by atoms with van der Waals surface area (Å²) < 4.78 is 12.9. The molecule has 1 saturated heterocycles. The van der Waals surface area contributed by atoms with E-state index in [9.17, 15) is 20.1 Å². The van der Waals surface area contributed by atoms with Crippen LogP contribution in [-0.4, -0.2) is 74.7 Å². The number of fused-ring (bicyclic) bond motifs is 1. The van der Waals surface area contributed by atoms with Crippen LogP contribution in [0, 0.1) is 0 Å². The van der Waals surface area contributed by atoms with Gasteiger partial charge in [0, 0.05) is 12.7 Å². The van der Waals surface area contributed by atoms with Crippen LogP contribution in [-0.2, 0) is 13.0 Å². The summed E-state index contributed by atoms with van der Waals surface area (Å²) in [5, 5.41) is 36.4. The Morgan fingerprint density at radius 2 is 2.23 bits per heavy atom. The van der Waals surface area contributed by atoms with E-state index in [0.29, 0.717) is 50.3 Å². The third kappa shape index (κ3) is 3.78. The molecule has 2 aromatic rings. The number of benzene rings is 1. The molecule has 0 saturated carbocycles. The molecule has 1 aromatic heterocycles. The number of nitrogens with zero attached hydrogens (tertiary/aromatic N) is 4. The van der Waals surface area contributed by atoms with E-state index >= 15 is 0 Å². The number of likely N-dealkylation sites (tertiary alicyclic amines) is 1. The number of nitrogens with two attached hydrogens (primary N) is 1. The van der Waals surface area contributed by atoms with Crippen LogP contribution < -0.4 is 15.1 Å². The van der Waals surface area contributed by atoms with E-state index in [4.69, 9.17) is 15.1 Å². The van der Waals surface area contributed by atoms with Gasteiger partial charge in [0.15, 0.2) is 5.84 Å². The Morgan fingerprint density at radius 3 is 2.93 bits per heavy atom. The normalized spacial score (nSPS) is 16.7. The Bertz CT molecular complexity index is 974. The highest BCUT2D eigenvalue weighted by Gasteiger charge is 2.35. The average molecular weight is 415 g/mol. The molecule has 0 spiro atoms. The maximum Gasteiger partial charge on any atom is 0.522 e. The van der Waals surface area contributed by atoms with Crippen LogP contribution >= 0.6 is 0 Å². The Hall–Kier alpha value is -3.25. The maximum atomic E-state index is 11.8. The first-order chi connectivity index (χ1) is 14.5. The van der Waals surface area contributed by atoms with Gasteiger partial charge in [0.1, 0.15) is 23.2 Å². The molecule has 1 aromatic carbocycles. The van der Waals surface area contributed by atoms with Crippen LogP contribution in [0.25, 0.3) is 0 Å². The molecule has 11 nitrogen and oxygen atoms in total. The molecule has 0 bridgehead atoms. The SMILES string of the molecule is NCCn1cc(C(=NO)N2CC(Oc3ccc4c(c3C(=O)O)OB(O)CC4)C2)cn1. The second-order valence-corrected chi connectivity index (χ2v) is 7.19. The summed E-state index contributed by atoms with van der Waals surface area (Å²) in [5.41, 5.74) is 6.80. The summed E-state index contributed by atoms with van der Waals surface area (Å²) in [7, 11) is -1.03. The first-order valence-corrected chi connectivity index (χ1v) is 9.60. The van der Waals surface area contributed by atoms with Crippen molar-refractivity contribution >= 4 is 18.9 Å².